The number of nitrogens with one attached hydrogen (secondary N) is 2. The van der Waals surface area contributed by atoms with E-state index in [1.54, 1.807) is 7.11 Å². The smallest absolute Gasteiger partial charge is 0.315 e. The van der Waals surface area contributed by atoms with Gasteiger partial charge in [-0.05, 0) is 18.8 Å². The average molecular weight is 214 g/mol. The highest BCUT2D eigenvalue weighted by molar-refractivity contribution is 5.74. The molecule has 0 aromatic heterocycles. The van der Waals surface area contributed by atoms with Crippen LogP contribution in [0.15, 0.2) is 0 Å². The van der Waals surface area contributed by atoms with E-state index in [2.05, 4.69) is 17.6 Å². The Kier molecular flexibility index (Phi) is 5.47. The molecule has 15 heavy (non-hydrogen) atoms. The van der Waals surface area contributed by atoms with E-state index < -0.39 is 0 Å². The summed E-state index contributed by atoms with van der Waals surface area (Å²) in [6.07, 6.45) is 4.73. The molecule has 1 rings (SSSR count). The zero-order valence-corrected chi connectivity index (χ0v) is 9.71. The van der Waals surface area contributed by atoms with Crippen LogP contribution in [0, 0.1) is 5.92 Å². The summed E-state index contributed by atoms with van der Waals surface area (Å²) in [6, 6.07) is 0.354. The van der Waals surface area contributed by atoms with Crippen LogP contribution in [0.2, 0.25) is 0 Å². The second kappa shape index (κ2) is 6.67. The molecule has 4 heteroatoms. The van der Waals surface area contributed by atoms with Crippen LogP contribution in [0.25, 0.3) is 0 Å². The highest BCUT2D eigenvalue weighted by Gasteiger charge is 2.16. The molecular weight excluding hydrogens is 192 g/mol. The predicted molar refractivity (Wildman–Crippen MR) is 59.8 cm³/mol. The van der Waals surface area contributed by atoms with Crippen molar-refractivity contribution < 1.29 is 9.53 Å². The maximum atomic E-state index is 11.4. The molecule has 1 fully saturated rings. The molecule has 0 aromatic rings. The SMILES string of the molecule is COCC(C)CNC(=O)NC1CCCC1. The number of carbonyl (C=O) groups is 1. The van der Waals surface area contributed by atoms with Gasteiger partial charge in [0.2, 0.25) is 0 Å². The molecule has 0 spiro atoms. The summed E-state index contributed by atoms with van der Waals surface area (Å²) in [6.45, 7) is 3.41. The van der Waals surface area contributed by atoms with Gasteiger partial charge in [-0.25, -0.2) is 4.79 Å². The summed E-state index contributed by atoms with van der Waals surface area (Å²) in [5.74, 6) is 0.365. The predicted octanol–water partition coefficient (Wildman–Crippen LogP) is 1.51. The van der Waals surface area contributed by atoms with Crippen molar-refractivity contribution in [2.45, 2.75) is 38.6 Å². The molecule has 1 aliphatic rings. The molecule has 1 unspecified atom stereocenters. The van der Waals surface area contributed by atoms with Gasteiger partial charge >= 0.3 is 6.03 Å². The zero-order valence-electron chi connectivity index (χ0n) is 9.71. The first-order chi connectivity index (χ1) is 7.22. The van der Waals surface area contributed by atoms with Crippen LogP contribution in [-0.4, -0.2) is 32.3 Å². The third-order valence-electron chi connectivity index (χ3n) is 2.75. The minimum absolute atomic E-state index is 0.0372. The van der Waals surface area contributed by atoms with Gasteiger partial charge in [0.05, 0.1) is 6.61 Å². The van der Waals surface area contributed by atoms with Crippen LogP contribution < -0.4 is 10.6 Å². The first-order valence-electron chi connectivity index (χ1n) is 5.75. The van der Waals surface area contributed by atoms with E-state index in [-0.39, 0.29) is 6.03 Å². The Morgan fingerprint density at radius 2 is 2.13 bits per heavy atom. The molecule has 0 saturated heterocycles. The Labute approximate surface area is 91.8 Å². The summed E-state index contributed by atoms with van der Waals surface area (Å²) in [5, 5.41) is 5.85. The highest BCUT2D eigenvalue weighted by Crippen LogP contribution is 2.17. The van der Waals surface area contributed by atoms with E-state index in [0.717, 1.165) is 12.8 Å². The van der Waals surface area contributed by atoms with E-state index in [0.29, 0.717) is 25.1 Å². The number of carbonyl (C=O) groups excluding carboxylic acids is 1. The van der Waals surface area contributed by atoms with Gasteiger partial charge in [-0.15, -0.1) is 0 Å². The standard InChI is InChI=1S/C11H22N2O2/c1-9(8-15-2)7-12-11(14)13-10-5-3-4-6-10/h9-10H,3-8H2,1-2H3,(H2,12,13,14). The van der Waals surface area contributed by atoms with Gasteiger partial charge in [0.15, 0.2) is 0 Å². The number of methoxy groups -OCH3 is 1. The third-order valence-corrected chi connectivity index (χ3v) is 2.75. The van der Waals surface area contributed by atoms with E-state index in [1.807, 2.05) is 0 Å². The third kappa shape index (κ3) is 5.02. The summed E-state index contributed by atoms with van der Waals surface area (Å²) in [4.78, 5) is 11.4. The molecule has 0 aromatic carbocycles. The Bertz CT molecular complexity index is 191. The molecule has 1 atom stereocenters. The van der Waals surface area contributed by atoms with Crippen molar-refractivity contribution in [3.8, 4) is 0 Å². The molecule has 88 valence electrons. The second-order valence-electron chi connectivity index (χ2n) is 4.40. The van der Waals surface area contributed by atoms with Gasteiger partial charge in [0, 0.05) is 19.7 Å². The lowest BCUT2D eigenvalue weighted by Crippen LogP contribution is -2.42. The van der Waals surface area contributed by atoms with Gasteiger partial charge in [0.25, 0.3) is 0 Å². The van der Waals surface area contributed by atoms with Crippen LogP contribution in [0.5, 0.6) is 0 Å². The number of rotatable bonds is 5. The molecule has 2 N–H and O–H groups in total. The van der Waals surface area contributed by atoms with E-state index in [1.165, 1.54) is 12.8 Å². The molecular formula is C11H22N2O2. The summed E-state index contributed by atoms with van der Waals surface area (Å²) < 4.78 is 5.00. The molecule has 0 heterocycles. The Morgan fingerprint density at radius 3 is 2.73 bits per heavy atom. The van der Waals surface area contributed by atoms with Crippen LogP contribution in [0.4, 0.5) is 4.79 Å². The lowest BCUT2D eigenvalue weighted by atomic mass is 10.2. The average Bonchev–Trinajstić information content (AvgIpc) is 2.68. The van der Waals surface area contributed by atoms with Crippen LogP contribution in [0.1, 0.15) is 32.6 Å². The number of hydrogen-bond acceptors (Lipinski definition) is 2. The maximum Gasteiger partial charge on any atom is 0.315 e. The Balaban J connectivity index is 2.07. The minimum atomic E-state index is -0.0372. The fourth-order valence-electron chi connectivity index (χ4n) is 1.92. The van der Waals surface area contributed by atoms with Crippen LogP contribution in [-0.2, 0) is 4.74 Å². The van der Waals surface area contributed by atoms with Crippen molar-refractivity contribution in [3.05, 3.63) is 0 Å². The zero-order chi connectivity index (χ0) is 11.1. The Morgan fingerprint density at radius 1 is 1.47 bits per heavy atom. The van der Waals surface area contributed by atoms with Gasteiger partial charge in [0.1, 0.15) is 0 Å². The first kappa shape index (κ1) is 12.3. The quantitative estimate of drug-likeness (QED) is 0.729. The summed E-state index contributed by atoms with van der Waals surface area (Å²) >= 11 is 0. The van der Waals surface area contributed by atoms with Crippen molar-refractivity contribution in [2.24, 2.45) is 5.92 Å². The van der Waals surface area contributed by atoms with Crippen molar-refractivity contribution in [3.63, 3.8) is 0 Å². The largest absolute Gasteiger partial charge is 0.384 e. The maximum absolute atomic E-state index is 11.4. The van der Waals surface area contributed by atoms with E-state index in [4.69, 9.17) is 4.74 Å². The summed E-state index contributed by atoms with van der Waals surface area (Å²) in [5.41, 5.74) is 0. The molecule has 0 bridgehead atoms. The van der Waals surface area contributed by atoms with Crippen molar-refractivity contribution in [2.75, 3.05) is 20.3 Å². The normalized spacial score (nSPS) is 18.8. The molecule has 0 aliphatic heterocycles. The number of urea groups is 1. The van der Waals surface area contributed by atoms with E-state index >= 15 is 0 Å². The molecule has 0 radical (unpaired) electrons. The van der Waals surface area contributed by atoms with Gasteiger partial charge < -0.3 is 15.4 Å². The van der Waals surface area contributed by atoms with E-state index in [9.17, 15) is 4.79 Å². The molecule has 4 nitrogen and oxygen atoms in total. The number of hydrogen-bond donors (Lipinski definition) is 2. The lowest BCUT2D eigenvalue weighted by Gasteiger charge is -2.15. The molecule has 2 amide bonds. The van der Waals surface area contributed by atoms with Gasteiger partial charge in [-0.3, -0.25) is 0 Å². The van der Waals surface area contributed by atoms with Crippen molar-refractivity contribution in [1.82, 2.24) is 10.6 Å². The second-order valence-corrected chi connectivity index (χ2v) is 4.40. The first-order valence-corrected chi connectivity index (χ1v) is 5.75. The number of ether oxygens (including phenoxy) is 1. The summed E-state index contributed by atoms with van der Waals surface area (Å²) in [7, 11) is 1.68. The molecule has 1 aliphatic carbocycles. The topological polar surface area (TPSA) is 50.4 Å². The van der Waals surface area contributed by atoms with Crippen molar-refractivity contribution in [1.29, 1.82) is 0 Å². The van der Waals surface area contributed by atoms with Gasteiger partial charge in [-0.1, -0.05) is 19.8 Å². The van der Waals surface area contributed by atoms with Crippen LogP contribution >= 0.6 is 0 Å². The van der Waals surface area contributed by atoms with Crippen LogP contribution in [0.3, 0.4) is 0 Å². The minimum Gasteiger partial charge on any atom is -0.384 e. The molecule has 1 saturated carbocycles. The fraction of sp³-hybridized carbons (Fsp3) is 0.909. The van der Waals surface area contributed by atoms with Crippen molar-refractivity contribution >= 4 is 6.03 Å². The van der Waals surface area contributed by atoms with Gasteiger partial charge in [-0.2, -0.15) is 0 Å². The number of amides is 2. The Hall–Kier alpha value is -0.770. The lowest BCUT2D eigenvalue weighted by molar-refractivity contribution is 0.158. The monoisotopic (exact) mass is 214 g/mol. The highest BCUT2D eigenvalue weighted by atomic mass is 16.5. The fourth-order valence-corrected chi connectivity index (χ4v) is 1.92.